The Labute approximate surface area is 166 Å². The summed E-state index contributed by atoms with van der Waals surface area (Å²) in [5.74, 6) is 1.42. The Morgan fingerprint density at radius 1 is 0.786 bits per heavy atom. The number of nitrogens with zero attached hydrogens (tertiary/aromatic N) is 2. The SMILES string of the molecule is Cc1ccc(-c2c[n+](C(c3ccccc3)c3ccccc3)c3n2CCC3)cc1. The average molecular weight is 366 g/mol. The first kappa shape index (κ1) is 17.0. The van der Waals surface area contributed by atoms with Crippen LogP contribution in [0.3, 0.4) is 0 Å². The zero-order chi connectivity index (χ0) is 18.9. The summed E-state index contributed by atoms with van der Waals surface area (Å²) in [4.78, 5) is 0. The summed E-state index contributed by atoms with van der Waals surface area (Å²) in [7, 11) is 0. The lowest BCUT2D eigenvalue weighted by Gasteiger charge is -2.16. The van der Waals surface area contributed by atoms with Gasteiger partial charge < -0.3 is 0 Å². The van der Waals surface area contributed by atoms with Crippen molar-refractivity contribution in [1.82, 2.24) is 4.57 Å². The van der Waals surface area contributed by atoms with Crippen LogP contribution in [0.15, 0.2) is 91.1 Å². The fourth-order valence-corrected chi connectivity index (χ4v) is 4.43. The van der Waals surface area contributed by atoms with E-state index >= 15 is 0 Å². The third-order valence-electron chi connectivity index (χ3n) is 5.80. The van der Waals surface area contributed by atoms with E-state index in [0.717, 1.165) is 13.0 Å². The molecule has 1 aliphatic rings. The Morgan fingerprint density at radius 2 is 1.39 bits per heavy atom. The largest absolute Gasteiger partial charge is 0.257 e. The fourth-order valence-electron chi connectivity index (χ4n) is 4.43. The van der Waals surface area contributed by atoms with Gasteiger partial charge in [0.2, 0.25) is 0 Å². The van der Waals surface area contributed by atoms with Crippen molar-refractivity contribution >= 4 is 0 Å². The number of aryl methyl sites for hydroxylation is 1. The van der Waals surface area contributed by atoms with E-state index in [0.29, 0.717) is 0 Å². The molecule has 1 aromatic heterocycles. The molecule has 0 aliphatic carbocycles. The minimum Gasteiger partial charge on any atom is -0.227 e. The number of fused-ring (bicyclic) bond motifs is 1. The molecule has 3 aromatic carbocycles. The van der Waals surface area contributed by atoms with Crippen LogP contribution in [-0.2, 0) is 13.0 Å². The van der Waals surface area contributed by atoms with Gasteiger partial charge in [0.1, 0.15) is 6.20 Å². The summed E-state index contributed by atoms with van der Waals surface area (Å²) in [5.41, 5.74) is 6.58. The van der Waals surface area contributed by atoms with Crippen molar-refractivity contribution in [2.45, 2.75) is 32.4 Å². The molecule has 2 heterocycles. The highest BCUT2D eigenvalue weighted by Crippen LogP contribution is 2.29. The Bertz CT molecular complexity index is 1040. The number of rotatable bonds is 4. The van der Waals surface area contributed by atoms with E-state index in [1.54, 1.807) is 0 Å². The maximum Gasteiger partial charge on any atom is 0.257 e. The molecule has 0 amide bonds. The molecule has 2 nitrogen and oxygen atoms in total. The lowest BCUT2D eigenvalue weighted by atomic mass is 9.98. The zero-order valence-electron chi connectivity index (χ0n) is 16.3. The molecule has 4 aromatic rings. The van der Waals surface area contributed by atoms with Crippen LogP contribution in [0.2, 0.25) is 0 Å². The van der Waals surface area contributed by atoms with Crippen molar-refractivity contribution in [1.29, 1.82) is 0 Å². The topological polar surface area (TPSA) is 8.81 Å². The van der Waals surface area contributed by atoms with Crippen molar-refractivity contribution in [3.63, 3.8) is 0 Å². The lowest BCUT2D eigenvalue weighted by Crippen LogP contribution is -2.42. The number of benzene rings is 3. The Kier molecular flexibility index (Phi) is 4.32. The second-order valence-corrected chi connectivity index (χ2v) is 7.68. The summed E-state index contributed by atoms with van der Waals surface area (Å²) >= 11 is 0. The predicted molar refractivity (Wildman–Crippen MR) is 113 cm³/mol. The van der Waals surface area contributed by atoms with Crippen molar-refractivity contribution in [2.75, 3.05) is 0 Å². The molecule has 0 radical (unpaired) electrons. The van der Waals surface area contributed by atoms with Crippen LogP contribution in [-0.4, -0.2) is 4.57 Å². The van der Waals surface area contributed by atoms with Crippen LogP contribution >= 0.6 is 0 Å². The van der Waals surface area contributed by atoms with Crippen LogP contribution in [0, 0.1) is 6.92 Å². The summed E-state index contributed by atoms with van der Waals surface area (Å²) in [6.45, 7) is 3.25. The Morgan fingerprint density at radius 3 is 2.00 bits per heavy atom. The monoisotopic (exact) mass is 365 g/mol. The second-order valence-electron chi connectivity index (χ2n) is 7.68. The van der Waals surface area contributed by atoms with Crippen LogP contribution in [0.1, 0.15) is 35.0 Å². The van der Waals surface area contributed by atoms with E-state index in [4.69, 9.17) is 0 Å². The Hall–Kier alpha value is -3.13. The standard InChI is InChI=1S/C26H25N2/c1-20-14-16-21(17-15-20)24-19-28(25-13-8-18-27(24)25)26(22-9-4-2-5-10-22)23-11-6-3-7-12-23/h2-7,9-12,14-17,19,26H,8,13,18H2,1H3/q+1. The molecule has 0 unspecified atom stereocenters. The molecule has 0 bridgehead atoms. The number of hydrogen-bond acceptors (Lipinski definition) is 0. The van der Waals surface area contributed by atoms with Gasteiger partial charge >= 0.3 is 0 Å². The highest BCUT2D eigenvalue weighted by atomic mass is 15.2. The molecule has 0 fully saturated rings. The molecular weight excluding hydrogens is 340 g/mol. The van der Waals surface area contributed by atoms with Gasteiger partial charge in [0, 0.05) is 16.7 Å². The number of imidazole rings is 1. The smallest absolute Gasteiger partial charge is 0.227 e. The molecule has 0 spiro atoms. The average Bonchev–Trinajstić information content (AvgIpc) is 3.35. The van der Waals surface area contributed by atoms with E-state index in [-0.39, 0.29) is 6.04 Å². The maximum absolute atomic E-state index is 2.52. The summed E-state index contributed by atoms with van der Waals surface area (Å²) in [6, 6.07) is 30.9. The molecular formula is C26H25N2+. The Balaban J connectivity index is 1.70. The third-order valence-corrected chi connectivity index (χ3v) is 5.80. The van der Waals surface area contributed by atoms with Crippen molar-refractivity contribution in [3.8, 4) is 11.3 Å². The summed E-state index contributed by atoms with van der Waals surface area (Å²) in [6.07, 6.45) is 4.71. The van der Waals surface area contributed by atoms with Gasteiger partial charge in [-0.3, -0.25) is 0 Å². The number of aromatic nitrogens is 2. The number of hydrogen-bond donors (Lipinski definition) is 0. The highest BCUT2D eigenvalue weighted by Gasteiger charge is 2.33. The molecule has 5 rings (SSSR count). The van der Waals surface area contributed by atoms with Gasteiger partial charge in [0.05, 0.1) is 13.0 Å². The maximum atomic E-state index is 2.52. The first-order valence-electron chi connectivity index (χ1n) is 10.1. The van der Waals surface area contributed by atoms with Gasteiger partial charge in [0.25, 0.3) is 5.82 Å². The molecule has 2 heteroatoms. The van der Waals surface area contributed by atoms with E-state index in [2.05, 4.69) is 107 Å². The van der Waals surface area contributed by atoms with Gasteiger partial charge in [0.15, 0.2) is 11.7 Å². The molecule has 0 saturated heterocycles. The summed E-state index contributed by atoms with van der Waals surface area (Å²) < 4.78 is 5.02. The highest BCUT2D eigenvalue weighted by molar-refractivity contribution is 5.59. The fraction of sp³-hybridized carbons (Fsp3) is 0.192. The first-order chi connectivity index (χ1) is 13.8. The predicted octanol–water partition coefficient (Wildman–Crippen LogP) is 5.33. The molecule has 1 aliphatic heterocycles. The zero-order valence-corrected chi connectivity index (χ0v) is 16.3. The molecule has 0 atom stereocenters. The van der Waals surface area contributed by atoms with E-state index < -0.39 is 0 Å². The van der Waals surface area contributed by atoms with Gasteiger partial charge in [-0.05, 0) is 13.3 Å². The van der Waals surface area contributed by atoms with Crippen LogP contribution in [0.4, 0.5) is 0 Å². The van der Waals surface area contributed by atoms with Crippen molar-refractivity contribution < 1.29 is 4.57 Å². The van der Waals surface area contributed by atoms with Gasteiger partial charge in [-0.2, -0.15) is 0 Å². The minimum atomic E-state index is 0.195. The van der Waals surface area contributed by atoms with E-state index in [1.807, 2.05) is 0 Å². The molecule has 28 heavy (non-hydrogen) atoms. The second kappa shape index (κ2) is 7.12. The van der Waals surface area contributed by atoms with E-state index in [9.17, 15) is 0 Å². The van der Waals surface area contributed by atoms with Crippen LogP contribution in [0.25, 0.3) is 11.3 Å². The first-order valence-corrected chi connectivity index (χ1v) is 10.1. The molecule has 0 N–H and O–H groups in total. The normalized spacial score (nSPS) is 13.1. The molecule has 0 saturated carbocycles. The minimum absolute atomic E-state index is 0.195. The van der Waals surface area contributed by atoms with Crippen molar-refractivity contribution in [3.05, 3.63) is 114 Å². The van der Waals surface area contributed by atoms with Gasteiger partial charge in [-0.15, -0.1) is 0 Å². The van der Waals surface area contributed by atoms with Gasteiger partial charge in [-0.1, -0.05) is 90.5 Å². The van der Waals surface area contributed by atoms with Crippen molar-refractivity contribution in [2.24, 2.45) is 0 Å². The van der Waals surface area contributed by atoms with Crippen LogP contribution in [0.5, 0.6) is 0 Å². The summed E-state index contributed by atoms with van der Waals surface area (Å²) in [5, 5.41) is 0. The molecule has 138 valence electrons. The van der Waals surface area contributed by atoms with Crippen LogP contribution < -0.4 is 4.57 Å². The third kappa shape index (κ3) is 2.95. The quantitative estimate of drug-likeness (QED) is 0.432. The van der Waals surface area contributed by atoms with E-state index in [1.165, 1.54) is 40.2 Å². The lowest BCUT2D eigenvalue weighted by molar-refractivity contribution is -0.710. The van der Waals surface area contributed by atoms with Gasteiger partial charge in [-0.25, -0.2) is 9.13 Å².